The Bertz CT molecular complexity index is 455. The Labute approximate surface area is 112 Å². The van der Waals surface area contributed by atoms with Gasteiger partial charge in [-0.15, -0.1) is 11.8 Å². The molecule has 1 unspecified atom stereocenters. The van der Waals surface area contributed by atoms with E-state index in [0.717, 1.165) is 31.7 Å². The van der Waals surface area contributed by atoms with E-state index in [1.54, 1.807) is 11.8 Å². The number of thioether (sulfide) groups is 1. The first kappa shape index (κ1) is 12.1. The minimum atomic E-state index is 0.0560. The summed E-state index contributed by atoms with van der Waals surface area (Å²) in [5, 5.41) is 0. The molecule has 0 radical (unpaired) electrons. The van der Waals surface area contributed by atoms with Gasteiger partial charge in [-0.3, -0.25) is 4.79 Å². The first-order valence-corrected chi connectivity index (χ1v) is 7.50. The SMILES string of the molecule is NC1CCN(C(=O)C2CSc3ccccc32)CC1. The summed E-state index contributed by atoms with van der Waals surface area (Å²) < 4.78 is 0. The number of carbonyl (C=O) groups excluding carboxylic acids is 1. The predicted octanol–water partition coefficient (Wildman–Crippen LogP) is 1.83. The lowest BCUT2D eigenvalue weighted by molar-refractivity contribution is -0.133. The average Bonchev–Trinajstić information content (AvgIpc) is 2.82. The molecule has 1 amide bonds. The zero-order valence-electron chi connectivity index (χ0n) is 10.3. The van der Waals surface area contributed by atoms with Crippen LogP contribution in [0.4, 0.5) is 0 Å². The lowest BCUT2D eigenvalue weighted by atomic mass is 9.98. The highest BCUT2D eigenvalue weighted by molar-refractivity contribution is 7.99. The van der Waals surface area contributed by atoms with Gasteiger partial charge in [-0.25, -0.2) is 0 Å². The van der Waals surface area contributed by atoms with E-state index >= 15 is 0 Å². The van der Waals surface area contributed by atoms with Crippen LogP contribution in [0.15, 0.2) is 29.2 Å². The molecule has 3 nitrogen and oxygen atoms in total. The first-order chi connectivity index (χ1) is 8.75. The highest BCUT2D eigenvalue weighted by Gasteiger charge is 2.33. The maximum Gasteiger partial charge on any atom is 0.231 e. The van der Waals surface area contributed by atoms with Crippen LogP contribution >= 0.6 is 11.8 Å². The number of hydrogen-bond acceptors (Lipinski definition) is 3. The minimum absolute atomic E-state index is 0.0560. The third kappa shape index (κ3) is 2.15. The van der Waals surface area contributed by atoms with Crippen molar-refractivity contribution in [2.45, 2.75) is 29.7 Å². The Morgan fingerprint density at radius 1 is 1.28 bits per heavy atom. The van der Waals surface area contributed by atoms with Gasteiger partial charge in [0.15, 0.2) is 0 Å². The Balaban J connectivity index is 1.74. The second kappa shape index (κ2) is 4.94. The van der Waals surface area contributed by atoms with Crippen LogP contribution in [-0.2, 0) is 4.79 Å². The molecule has 2 aliphatic heterocycles. The van der Waals surface area contributed by atoms with Crippen molar-refractivity contribution in [2.75, 3.05) is 18.8 Å². The average molecular weight is 262 g/mol. The van der Waals surface area contributed by atoms with Gasteiger partial charge in [0.05, 0.1) is 5.92 Å². The summed E-state index contributed by atoms with van der Waals surface area (Å²) in [5.41, 5.74) is 7.10. The van der Waals surface area contributed by atoms with Gasteiger partial charge < -0.3 is 10.6 Å². The number of nitrogens with two attached hydrogens (primary N) is 1. The van der Waals surface area contributed by atoms with Crippen molar-refractivity contribution in [2.24, 2.45) is 5.73 Å². The van der Waals surface area contributed by atoms with Crippen molar-refractivity contribution < 1.29 is 4.79 Å². The molecule has 1 saturated heterocycles. The van der Waals surface area contributed by atoms with E-state index in [4.69, 9.17) is 5.73 Å². The Kier molecular flexibility index (Phi) is 3.31. The lowest BCUT2D eigenvalue weighted by Gasteiger charge is -2.32. The van der Waals surface area contributed by atoms with Crippen LogP contribution in [0.2, 0.25) is 0 Å². The van der Waals surface area contributed by atoms with Crippen molar-refractivity contribution in [3.8, 4) is 0 Å². The topological polar surface area (TPSA) is 46.3 Å². The van der Waals surface area contributed by atoms with Crippen LogP contribution in [0.1, 0.15) is 24.3 Å². The zero-order chi connectivity index (χ0) is 12.5. The van der Waals surface area contributed by atoms with Gasteiger partial charge in [0.25, 0.3) is 0 Å². The van der Waals surface area contributed by atoms with E-state index in [0.29, 0.717) is 5.91 Å². The highest BCUT2D eigenvalue weighted by atomic mass is 32.2. The van der Waals surface area contributed by atoms with Crippen molar-refractivity contribution in [3.05, 3.63) is 29.8 Å². The molecular formula is C14H18N2OS. The standard InChI is InChI=1S/C14H18N2OS/c15-10-5-7-16(8-6-10)14(17)12-9-18-13-4-2-1-3-11(12)13/h1-4,10,12H,5-9,15H2. The maximum atomic E-state index is 12.5. The molecular weight excluding hydrogens is 244 g/mol. The van der Waals surface area contributed by atoms with Crippen molar-refractivity contribution >= 4 is 17.7 Å². The maximum absolute atomic E-state index is 12.5. The second-order valence-electron chi connectivity index (χ2n) is 5.06. The summed E-state index contributed by atoms with van der Waals surface area (Å²) in [6.45, 7) is 1.65. The number of fused-ring (bicyclic) bond motifs is 1. The van der Waals surface area contributed by atoms with E-state index in [2.05, 4.69) is 12.1 Å². The number of amides is 1. The zero-order valence-corrected chi connectivity index (χ0v) is 11.2. The molecule has 1 aromatic carbocycles. The number of likely N-dealkylation sites (tertiary alicyclic amines) is 1. The molecule has 2 aliphatic rings. The summed E-state index contributed by atoms with van der Waals surface area (Å²) in [4.78, 5) is 15.8. The van der Waals surface area contributed by atoms with Gasteiger partial charge >= 0.3 is 0 Å². The fourth-order valence-electron chi connectivity index (χ4n) is 2.71. The van der Waals surface area contributed by atoms with Crippen LogP contribution in [0.3, 0.4) is 0 Å². The lowest BCUT2D eigenvalue weighted by Crippen LogP contribution is -2.44. The second-order valence-corrected chi connectivity index (χ2v) is 6.13. The molecule has 1 fully saturated rings. The van der Waals surface area contributed by atoms with E-state index < -0.39 is 0 Å². The summed E-state index contributed by atoms with van der Waals surface area (Å²) in [7, 11) is 0. The molecule has 1 aromatic rings. The van der Waals surface area contributed by atoms with Crippen molar-refractivity contribution in [1.29, 1.82) is 0 Å². The van der Waals surface area contributed by atoms with Crippen molar-refractivity contribution in [1.82, 2.24) is 4.90 Å². The largest absolute Gasteiger partial charge is 0.342 e. The van der Waals surface area contributed by atoms with Gasteiger partial charge in [-0.05, 0) is 24.5 Å². The Morgan fingerprint density at radius 2 is 2.00 bits per heavy atom. The minimum Gasteiger partial charge on any atom is -0.342 e. The number of hydrogen-bond donors (Lipinski definition) is 1. The van der Waals surface area contributed by atoms with Gasteiger partial charge in [0, 0.05) is 29.8 Å². The third-order valence-corrected chi connectivity index (χ3v) is 5.03. The van der Waals surface area contributed by atoms with E-state index in [1.807, 2.05) is 17.0 Å². The summed E-state index contributed by atoms with van der Waals surface area (Å²) in [5.74, 6) is 1.24. The fourth-order valence-corrected chi connectivity index (χ4v) is 3.93. The van der Waals surface area contributed by atoms with Gasteiger partial charge in [-0.1, -0.05) is 18.2 Å². The van der Waals surface area contributed by atoms with E-state index in [1.165, 1.54) is 10.5 Å². The molecule has 0 saturated carbocycles. The highest BCUT2D eigenvalue weighted by Crippen LogP contribution is 2.40. The van der Waals surface area contributed by atoms with Crippen LogP contribution in [0, 0.1) is 0 Å². The Morgan fingerprint density at radius 3 is 2.78 bits per heavy atom. The molecule has 2 heterocycles. The van der Waals surface area contributed by atoms with Crippen LogP contribution < -0.4 is 5.73 Å². The smallest absolute Gasteiger partial charge is 0.231 e. The molecule has 0 aliphatic carbocycles. The molecule has 0 spiro atoms. The fraction of sp³-hybridized carbons (Fsp3) is 0.500. The van der Waals surface area contributed by atoms with E-state index in [9.17, 15) is 4.79 Å². The molecule has 0 bridgehead atoms. The molecule has 18 heavy (non-hydrogen) atoms. The molecule has 2 N–H and O–H groups in total. The van der Waals surface area contributed by atoms with Crippen LogP contribution in [0.5, 0.6) is 0 Å². The summed E-state index contributed by atoms with van der Waals surface area (Å²) >= 11 is 1.80. The molecule has 3 rings (SSSR count). The molecule has 96 valence electrons. The van der Waals surface area contributed by atoms with Gasteiger partial charge in [0.2, 0.25) is 5.91 Å². The summed E-state index contributed by atoms with van der Waals surface area (Å²) in [6, 6.07) is 8.54. The number of carbonyl (C=O) groups is 1. The van der Waals surface area contributed by atoms with Gasteiger partial charge in [0.1, 0.15) is 0 Å². The Hall–Kier alpha value is -1.00. The normalized spacial score (nSPS) is 24.1. The quantitative estimate of drug-likeness (QED) is 0.840. The molecule has 0 aromatic heterocycles. The number of nitrogens with zero attached hydrogens (tertiary/aromatic N) is 1. The molecule has 1 atom stereocenters. The third-order valence-electron chi connectivity index (χ3n) is 3.85. The van der Waals surface area contributed by atoms with Crippen LogP contribution in [-0.4, -0.2) is 35.7 Å². The monoisotopic (exact) mass is 262 g/mol. The number of benzene rings is 1. The van der Waals surface area contributed by atoms with Crippen molar-refractivity contribution in [3.63, 3.8) is 0 Å². The van der Waals surface area contributed by atoms with E-state index in [-0.39, 0.29) is 12.0 Å². The first-order valence-electron chi connectivity index (χ1n) is 6.52. The number of piperidine rings is 1. The number of rotatable bonds is 1. The van der Waals surface area contributed by atoms with Gasteiger partial charge in [-0.2, -0.15) is 0 Å². The molecule has 4 heteroatoms. The van der Waals surface area contributed by atoms with Crippen LogP contribution in [0.25, 0.3) is 0 Å². The predicted molar refractivity (Wildman–Crippen MR) is 73.7 cm³/mol. The summed E-state index contributed by atoms with van der Waals surface area (Å²) in [6.07, 6.45) is 1.88.